The highest BCUT2D eigenvalue weighted by atomic mass is 16.5. The fourth-order valence-electron chi connectivity index (χ4n) is 7.33. The number of rotatable bonds is 5. The first-order valence-corrected chi connectivity index (χ1v) is 13.9. The number of nitrogens with zero attached hydrogens (tertiary/aromatic N) is 2. The van der Waals surface area contributed by atoms with Gasteiger partial charge < -0.3 is 4.74 Å². The third kappa shape index (κ3) is 3.24. The molecule has 0 radical (unpaired) electrons. The van der Waals surface area contributed by atoms with E-state index in [0.29, 0.717) is 18.0 Å². The Balaban J connectivity index is 1.49. The Bertz CT molecular complexity index is 1670. The van der Waals surface area contributed by atoms with Crippen LogP contribution in [0.3, 0.4) is 0 Å². The van der Waals surface area contributed by atoms with Crippen LogP contribution >= 0.6 is 0 Å². The summed E-state index contributed by atoms with van der Waals surface area (Å²) in [6, 6.07) is 30.0. The zero-order chi connectivity index (χ0) is 27.6. The first-order valence-electron chi connectivity index (χ1n) is 13.9. The molecular formula is C35H30N2O3. The molecule has 0 aromatic heterocycles. The third-order valence-corrected chi connectivity index (χ3v) is 8.85. The van der Waals surface area contributed by atoms with Crippen LogP contribution in [0.4, 0.5) is 11.4 Å². The number of anilines is 1. The minimum Gasteiger partial charge on any atom is -0.492 e. The highest BCUT2D eigenvalue weighted by molar-refractivity contribution is 6.25. The number of hydrogen-bond acceptors (Lipinski definition) is 4. The second kappa shape index (κ2) is 9.02. The SMILES string of the molecule is CCOc1ccccc1N1C(=O)[C@H]2C3c4ccccc4C(C=Nc4ccc(C)cc4C)(c4ccccc43)[C@H]2C1=O. The maximum atomic E-state index is 14.6. The molecule has 2 bridgehead atoms. The van der Waals surface area contributed by atoms with E-state index in [0.717, 1.165) is 33.5 Å². The topological polar surface area (TPSA) is 59.0 Å². The largest absolute Gasteiger partial charge is 0.492 e. The van der Waals surface area contributed by atoms with Crippen molar-refractivity contribution < 1.29 is 14.3 Å². The lowest BCUT2D eigenvalue weighted by Gasteiger charge is -2.52. The molecule has 1 saturated heterocycles. The quantitative estimate of drug-likeness (QED) is 0.216. The number of carbonyl (C=O) groups is 2. The molecule has 1 heterocycles. The predicted octanol–water partition coefficient (Wildman–Crippen LogP) is 6.66. The summed E-state index contributed by atoms with van der Waals surface area (Å²) in [6.07, 6.45) is 1.96. The number of carbonyl (C=O) groups excluding carboxylic acids is 2. The first kappa shape index (κ1) is 24.5. The van der Waals surface area contributed by atoms with E-state index in [9.17, 15) is 9.59 Å². The van der Waals surface area contributed by atoms with Crippen LogP contribution in [0, 0.1) is 25.7 Å². The lowest BCUT2D eigenvalue weighted by molar-refractivity contribution is -0.122. The minimum atomic E-state index is -0.897. The molecule has 5 nitrogen and oxygen atoms in total. The van der Waals surface area contributed by atoms with E-state index in [4.69, 9.17) is 9.73 Å². The summed E-state index contributed by atoms with van der Waals surface area (Å²) in [5, 5.41) is 0. The van der Waals surface area contributed by atoms with Gasteiger partial charge in [-0.3, -0.25) is 14.6 Å². The minimum absolute atomic E-state index is 0.180. The van der Waals surface area contributed by atoms with E-state index in [1.807, 2.05) is 61.7 Å². The lowest BCUT2D eigenvalue weighted by atomic mass is 9.47. The second-order valence-electron chi connectivity index (χ2n) is 11.0. The highest BCUT2D eigenvalue weighted by Crippen LogP contribution is 2.64. The number of hydrogen-bond donors (Lipinski definition) is 0. The molecule has 0 N–H and O–H groups in total. The van der Waals surface area contributed by atoms with Gasteiger partial charge in [-0.1, -0.05) is 78.4 Å². The number of amides is 2. The molecule has 4 aromatic rings. The van der Waals surface area contributed by atoms with Gasteiger partial charge in [0.15, 0.2) is 0 Å². The number of aryl methyl sites for hydroxylation is 2. The van der Waals surface area contributed by atoms with Gasteiger partial charge in [0, 0.05) is 12.1 Å². The van der Waals surface area contributed by atoms with Gasteiger partial charge in [0.05, 0.1) is 35.2 Å². The van der Waals surface area contributed by atoms with Crippen molar-refractivity contribution in [1.82, 2.24) is 0 Å². The van der Waals surface area contributed by atoms with Crippen molar-refractivity contribution in [3.8, 4) is 5.75 Å². The van der Waals surface area contributed by atoms with E-state index in [2.05, 4.69) is 50.2 Å². The molecule has 198 valence electrons. The summed E-state index contributed by atoms with van der Waals surface area (Å²) in [5.41, 5.74) is 6.99. The fourth-order valence-corrected chi connectivity index (χ4v) is 7.33. The predicted molar refractivity (Wildman–Crippen MR) is 157 cm³/mol. The summed E-state index contributed by atoms with van der Waals surface area (Å²) in [4.78, 5) is 35.5. The van der Waals surface area contributed by atoms with Crippen molar-refractivity contribution in [2.75, 3.05) is 11.5 Å². The lowest BCUT2D eigenvalue weighted by Crippen LogP contribution is -2.54. The third-order valence-electron chi connectivity index (χ3n) is 8.85. The molecule has 0 unspecified atom stereocenters. The van der Waals surface area contributed by atoms with Crippen LogP contribution in [0.1, 0.15) is 46.2 Å². The summed E-state index contributed by atoms with van der Waals surface area (Å²) in [6.45, 7) is 6.45. The van der Waals surface area contributed by atoms with E-state index in [-0.39, 0.29) is 17.7 Å². The molecule has 4 aromatic carbocycles. The van der Waals surface area contributed by atoms with Crippen LogP contribution in [0.5, 0.6) is 5.75 Å². The van der Waals surface area contributed by atoms with Gasteiger partial charge in [-0.05, 0) is 66.8 Å². The van der Waals surface area contributed by atoms with Crippen LogP contribution in [-0.2, 0) is 15.0 Å². The number of aliphatic imine (C=N–C) groups is 1. The molecule has 0 spiro atoms. The smallest absolute Gasteiger partial charge is 0.239 e. The highest BCUT2D eigenvalue weighted by Gasteiger charge is 2.68. The Kier molecular flexibility index (Phi) is 5.53. The molecule has 4 aliphatic rings. The molecule has 40 heavy (non-hydrogen) atoms. The average Bonchev–Trinajstić information content (AvgIpc) is 3.24. The summed E-state index contributed by atoms with van der Waals surface area (Å²) in [5.74, 6) is -1.24. The van der Waals surface area contributed by atoms with Crippen molar-refractivity contribution >= 4 is 29.4 Å². The zero-order valence-corrected chi connectivity index (χ0v) is 22.8. The van der Waals surface area contributed by atoms with Crippen molar-refractivity contribution in [3.05, 3.63) is 124 Å². The molecule has 8 rings (SSSR count). The molecule has 1 fully saturated rings. The molecule has 1 aliphatic heterocycles. The van der Waals surface area contributed by atoms with Gasteiger partial charge in [-0.15, -0.1) is 0 Å². The average molecular weight is 527 g/mol. The zero-order valence-electron chi connectivity index (χ0n) is 22.8. The van der Waals surface area contributed by atoms with Crippen molar-refractivity contribution in [3.63, 3.8) is 0 Å². The normalized spacial score (nSPS) is 24.3. The molecular weight excluding hydrogens is 496 g/mol. The van der Waals surface area contributed by atoms with Crippen LogP contribution in [0.25, 0.3) is 0 Å². The Morgan fingerprint density at radius 3 is 2.17 bits per heavy atom. The molecule has 5 heteroatoms. The van der Waals surface area contributed by atoms with E-state index in [1.165, 1.54) is 10.5 Å². The summed E-state index contributed by atoms with van der Waals surface area (Å²) in [7, 11) is 0. The molecule has 3 aliphatic carbocycles. The van der Waals surface area contributed by atoms with E-state index < -0.39 is 17.3 Å². The maximum absolute atomic E-state index is 14.6. The molecule has 0 saturated carbocycles. The van der Waals surface area contributed by atoms with E-state index >= 15 is 0 Å². The van der Waals surface area contributed by atoms with Gasteiger partial charge in [-0.25, -0.2) is 4.90 Å². The van der Waals surface area contributed by atoms with Gasteiger partial charge in [0.1, 0.15) is 5.75 Å². The second-order valence-corrected chi connectivity index (χ2v) is 11.0. The van der Waals surface area contributed by atoms with Crippen LogP contribution in [-0.4, -0.2) is 24.6 Å². The monoisotopic (exact) mass is 526 g/mol. The van der Waals surface area contributed by atoms with Crippen molar-refractivity contribution in [1.29, 1.82) is 0 Å². The van der Waals surface area contributed by atoms with Gasteiger partial charge in [0.25, 0.3) is 0 Å². The van der Waals surface area contributed by atoms with Crippen molar-refractivity contribution in [2.45, 2.75) is 32.1 Å². The molecule has 2 atom stereocenters. The van der Waals surface area contributed by atoms with Crippen LogP contribution < -0.4 is 9.64 Å². The number of imide groups is 1. The van der Waals surface area contributed by atoms with Gasteiger partial charge >= 0.3 is 0 Å². The Morgan fingerprint density at radius 1 is 0.850 bits per heavy atom. The Labute approximate surface area is 234 Å². The fraction of sp³-hybridized carbons (Fsp3) is 0.229. The van der Waals surface area contributed by atoms with Crippen LogP contribution in [0.15, 0.2) is 96.0 Å². The Morgan fingerprint density at radius 2 is 1.50 bits per heavy atom. The number of para-hydroxylation sites is 2. The van der Waals surface area contributed by atoms with E-state index in [1.54, 1.807) is 6.07 Å². The van der Waals surface area contributed by atoms with Crippen LogP contribution in [0.2, 0.25) is 0 Å². The van der Waals surface area contributed by atoms with Crippen molar-refractivity contribution in [2.24, 2.45) is 16.8 Å². The van der Waals surface area contributed by atoms with Gasteiger partial charge in [-0.2, -0.15) is 0 Å². The molecule has 2 amide bonds. The summed E-state index contributed by atoms with van der Waals surface area (Å²) < 4.78 is 5.87. The van der Waals surface area contributed by atoms with Gasteiger partial charge in [0.2, 0.25) is 11.8 Å². The summed E-state index contributed by atoms with van der Waals surface area (Å²) >= 11 is 0. The number of benzene rings is 4. The maximum Gasteiger partial charge on any atom is 0.239 e. The first-order chi connectivity index (χ1) is 19.5. The number of ether oxygens (including phenoxy) is 1. The Hall–Kier alpha value is -4.51. The standard InChI is InChI=1S/C35H30N2O3/c1-4-40-29-16-10-9-15-28(29)37-33(38)31-30-23-11-5-7-13-25(23)35(32(31)34(37)39,26-14-8-6-12-24(26)30)20-36-27-18-17-21(2)19-22(27)3/h5-20,30-32H,4H2,1-3H3/t30?,31-,32+,35?/m0/s1.